The molecular formula is C35H51N5O10. The Bertz CT molecular complexity index is 1550. The van der Waals surface area contributed by atoms with Gasteiger partial charge in [0.1, 0.15) is 23.3 Å². The minimum Gasteiger partial charge on any atom is -0.443 e. The lowest BCUT2D eigenvalue weighted by Crippen LogP contribution is -2.52. The number of amides is 6. The number of nitrogens with zero attached hydrogens (tertiary/aromatic N) is 5. The second kappa shape index (κ2) is 19.4. The van der Waals surface area contributed by atoms with Crippen LogP contribution in [0.2, 0.25) is 0 Å². The normalized spacial score (nSPS) is 17.8. The summed E-state index contributed by atoms with van der Waals surface area (Å²) in [6.45, 7) is 16.2. The van der Waals surface area contributed by atoms with Gasteiger partial charge in [0.25, 0.3) is 11.8 Å². The van der Waals surface area contributed by atoms with Gasteiger partial charge in [-0.2, -0.15) is 14.8 Å². The molecule has 15 heteroatoms. The van der Waals surface area contributed by atoms with Crippen molar-refractivity contribution in [2.75, 3.05) is 0 Å². The van der Waals surface area contributed by atoms with Crippen molar-refractivity contribution in [3.8, 4) is 12.3 Å². The van der Waals surface area contributed by atoms with Crippen molar-refractivity contribution in [1.29, 1.82) is 0 Å². The number of hydrogen-bond donors (Lipinski definition) is 0. The highest BCUT2D eigenvalue weighted by Crippen LogP contribution is 2.26. The molecule has 0 bridgehead atoms. The highest BCUT2D eigenvalue weighted by Gasteiger charge is 2.43. The van der Waals surface area contributed by atoms with Crippen molar-refractivity contribution in [2.45, 2.75) is 150 Å². The molecule has 1 aromatic rings. The fourth-order valence-corrected chi connectivity index (χ4v) is 4.85. The van der Waals surface area contributed by atoms with Crippen molar-refractivity contribution in [3.63, 3.8) is 0 Å². The molecule has 0 radical (unpaired) electrons. The van der Waals surface area contributed by atoms with Gasteiger partial charge in [-0.25, -0.2) is 19.2 Å². The Morgan fingerprint density at radius 3 is 1.84 bits per heavy atom. The van der Waals surface area contributed by atoms with E-state index in [0.29, 0.717) is 22.0 Å². The Morgan fingerprint density at radius 1 is 0.860 bits per heavy atom. The molecule has 2 aliphatic rings. The van der Waals surface area contributed by atoms with Crippen LogP contribution in [0.3, 0.4) is 0 Å². The van der Waals surface area contributed by atoms with E-state index < -0.39 is 59.1 Å². The fraction of sp³-hybridized carbons (Fsp3) is 0.657. The van der Waals surface area contributed by atoms with Gasteiger partial charge in [-0.1, -0.05) is 26.7 Å². The molecule has 276 valence electrons. The third-order valence-corrected chi connectivity index (χ3v) is 7.01. The van der Waals surface area contributed by atoms with Gasteiger partial charge in [-0.3, -0.25) is 28.3 Å². The molecule has 2 saturated heterocycles. The zero-order valence-corrected chi connectivity index (χ0v) is 30.7. The van der Waals surface area contributed by atoms with E-state index in [1.165, 1.54) is 34.5 Å². The van der Waals surface area contributed by atoms with Crippen LogP contribution in [0.5, 0.6) is 0 Å². The molecule has 3 rings (SSSR count). The largest absolute Gasteiger partial charge is 0.443 e. The van der Waals surface area contributed by atoms with Gasteiger partial charge in [-0.05, 0) is 74.1 Å². The van der Waals surface area contributed by atoms with E-state index >= 15 is 0 Å². The van der Waals surface area contributed by atoms with Crippen molar-refractivity contribution in [1.82, 2.24) is 18.9 Å². The summed E-state index contributed by atoms with van der Waals surface area (Å²) in [6, 6.07) is -1.91. The number of hydrogen-bond acceptors (Lipinski definition) is 11. The first-order valence-electron chi connectivity index (χ1n) is 16.7. The van der Waals surface area contributed by atoms with Crippen molar-refractivity contribution >= 4 is 41.9 Å². The number of likely N-dealkylation sites (tertiary alicyclic amines) is 2. The molecule has 0 aromatic carbocycles. The monoisotopic (exact) mass is 701 g/mol. The van der Waals surface area contributed by atoms with Crippen LogP contribution < -0.4 is 5.69 Å². The maximum Gasteiger partial charge on any atom is 0.424 e. The second-order valence-electron chi connectivity index (χ2n) is 13.7. The van der Waals surface area contributed by atoms with E-state index in [0.717, 1.165) is 12.8 Å². The van der Waals surface area contributed by atoms with Crippen molar-refractivity contribution in [2.24, 2.45) is 4.99 Å². The molecule has 2 fully saturated rings. The number of aliphatic imine (C=N–C) groups is 1. The van der Waals surface area contributed by atoms with E-state index in [2.05, 4.69) is 17.8 Å². The topological polar surface area (TPSA) is 184 Å². The van der Waals surface area contributed by atoms with E-state index in [1.54, 1.807) is 54.7 Å². The Kier molecular flexibility index (Phi) is 16.7. The lowest BCUT2D eigenvalue weighted by atomic mass is 10.0. The SMILES string of the molecule is C#CCCCCC.CC(C)(C)OC(=O)N1C(=O)CCC(N=C=O)C1=O.CCCn1cc(C)n(C2CCC(=O)N(C(=O)OC(C)(C)C)C2=O)c1=O. The van der Waals surface area contributed by atoms with Crippen molar-refractivity contribution in [3.05, 3.63) is 22.4 Å². The van der Waals surface area contributed by atoms with Gasteiger partial charge < -0.3 is 9.47 Å². The van der Waals surface area contributed by atoms with Gasteiger partial charge in [0.2, 0.25) is 17.9 Å². The fourth-order valence-electron chi connectivity index (χ4n) is 4.85. The van der Waals surface area contributed by atoms with Crippen LogP contribution in [0.15, 0.2) is 16.0 Å². The number of ether oxygens (including phenoxy) is 2. The predicted octanol–water partition coefficient (Wildman–Crippen LogP) is 4.97. The van der Waals surface area contributed by atoms with Crippen LogP contribution in [-0.2, 0) is 40.0 Å². The third kappa shape index (κ3) is 12.9. The molecule has 50 heavy (non-hydrogen) atoms. The molecule has 2 atom stereocenters. The average Bonchev–Trinajstić information content (AvgIpc) is 3.26. The number of aryl methyl sites for hydroxylation is 2. The minimum atomic E-state index is -1.04. The number of imidazole rings is 1. The molecule has 0 saturated carbocycles. The number of terminal acetylenes is 1. The number of unbranched alkanes of at least 4 members (excludes halogenated alkanes) is 3. The van der Waals surface area contributed by atoms with Gasteiger partial charge in [0.15, 0.2) is 0 Å². The molecule has 0 N–H and O–H groups in total. The predicted molar refractivity (Wildman–Crippen MR) is 182 cm³/mol. The molecule has 2 aliphatic heterocycles. The van der Waals surface area contributed by atoms with E-state index in [-0.39, 0.29) is 31.4 Å². The summed E-state index contributed by atoms with van der Waals surface area (Å²) in [5, 5.41) is 0. The Morgan fingerprint density at radius 2 is 1.38 bits per heavy atom. The summed E-state index contributed by atoms with van der Waals surface area (Å²) in [5.74, 6) is -0.208. The van der Waals surface area contributed by atoms with Crippen LogP contribution in [0.25, 0.3) is 0 Å². The number of aromatic nitrogens is 2. The number of isocyanates is 1. The van der Waals surface area contributed by atoms with E-state index in [1.807, 2.05) is 6.92 Å². The summed E-state index contributed by atoms with van der Waals surface area (Å²) >= 11 is 0. The van der Waals surface area contributed by atoms with Crippen molar-refractivity contribution < 1.29 is 43.0 Å². The Hall–Kier alpha value is -4.83. The van der Waals surface area contributed by atoms with Gasteiger partial charge in [0, 0.05) is 37.7 Å². The molecule has 0 spiro atoms. The molecule has 15 nitrogen and oxygen atoms in total. The lowest BCUT2D eigenvalue weighted by Gasteiger charge is -2.31. The number of piperidine rings is 2. The molecular weight excluding hydrogens is 650 g/mol. The first kappa shape index (κ1) is 43.2. The van der Waals surface area contributed by atoms with E-state index in [9.17, 15) is 38.4 Å². The zero-order chi connectivity index (χ0) is 38.4. The van der Waals surface area contributed by atoms with Crippen LogP contribution in [0, 0.1) is 19.3 Å². The number of carbonyl (C=O) groups excluding carboxylic acids is 7. The van der Waals surface area contributed by atoms with Gasteiger partial charge in [0.05, 0.1) is 0 Å². The number of rotatable bonds is 7. The molecule has 2 unspecified atom stereocenters. The second-order valence-corrected chi connectivity index (χ2v) is 13.7. The molecule has 0 aliphatic carbocycles. The summed E-state index contributed by atoms with van der Waals surface area (Å²) in [7, 11) is 0. The summed E-state index contributed by atoms with van der Waals surface area (Å²) < 4.78 is 13.0. The minimum absolute atomic E-state index is 0.000483. The summed E-state index contributed by atoms with van der Waals surface area (Å²) in [5.41, 5.74) is -1.34. The van der Waals surface area contributed by atoms with E-state index in [4.69, 9.17) is 15.9 Å². The van der Waals surface area contributed by atoms with Gasteiger partial charge >= 0.3 is 17.9 Å². The Labute approximate surface area is 293 Å². The summed E-state index contributed by atoms with van der Waals surface area (Å²) in [6.07, 6.45) is 11.7. The highest BCUT2D eigenvalue weighted by molar-refractivity contribution is 6.12. The van der Waals surface area contributed by atoms with Crippen LogP contribution in [-0.4, -0.2) is 78.1 Å². The summed E-state index contributed by atoms with van der Waals surface area (Å²) in [4.78, 5) is 99.1. The molecule has 3 heterocycles. The zero-order valence-electron chi connectivity index (χ0n) is 30.7. The first-order valence-corrected chi connectivity index (χ1v) is 16.7. The van der Waals surface area contributed by atoms with Crippen LogP contribution >= 0.6 is 0 Å². The maximum absolute atomic E-state index is 12.8. The lowest BCUT2D eigenvalue weighted by molar-refractivity contribution is -0.150. The number of carbonyl (C=O) groups is 6. The Balaban J connectivity index is 0.000000436. The van der Waals surface area contributed by atoms with Crippen LogP contribution in [0.4, 0.5) is 9.59 Å². The quantitative estimate of drug-likeness (QED) is 0.124. The molecule has 1 aromatic heterocycles. The first-order chi connectivity index (χ1) is 23.2. The molecule has 6 amide bonds. The highest BCUT2D eigenvalue weighted by atomic mass is 16.6. The standard InChI is InChI=1S/C17H25N3O5.C11H14N2O5.C7H12/c1-6-9-18-10-11(2)19(15(18)23)12-7-8-13(21)20(14(12)22)16(24)25-17(3,4)5;1-11(2,3)18-10(17)13-8(15)5-4-7(9(13)16)12-6-14;1-3-5-7-6-4-2/h10,12H,6-9H2,1-5H3;7H,4-5H2,1-3H3;1H,4-7H2,2H3. The van der Waals surface area contributed by atoms with Gasteiger partial charge in [-0.15, -0.1) is 12.3 Å². The number of imide groups is 6. The van der Waals surface area contributed by atoms with Crippen LogP contribution in [0.1, 0.15) is 125 Å². The average molecular weight is 702 g/mol. The third-order valence-electron chi connectivity index (χ3n) is 7.01. The smallest absolute Gasteiger partial charge is 0.424 e. The maximum atomic E-state index is 12.8.